The molecule has 2 bridgehead atoms. The SMILES string of the molecule is CC12CCC(CC1)CC2=O. The molecule has 0 saturated heterocycles. The summed E-state index contributed by atoms with van der Waals surface area (Å²) in [5.74, 6) is 1.30. The Morgan fingerprint density at radius 1 is 1.40 bits per heavy atom. The van der Waals surface area contributed by atoms with Crippen molar-refractivity contribution in [3.05, 3.63) is 0 Å². The molecular formula is C9H14O. The molecule has 3 aliphatic carbocycles. The molecule has 3 saturated carbocycles. The summed E-state index contributed by atoms with van der Waals surface area (Å²) in [6.45, 7) is 2.14. The van der Waals surface area contributed by atoms with Gasteiger partial charge in [0.25, 0.3) is 0 Å². The number of hydrogen-bond donors (Lipinski definition) is 0. The predicted octanol–water partition coefficient (Wildman–Crippen LogP) is 2.16. The van der Waals surface area contributed by atoms with E-state index in [0.717, 1.165) is 25.2 Å². The third-order valence-corrected chi connectivity index (χ3v) is 3.36. The van der Waals surface area contributed by atoms with Gasteiger partial charge in [-0.3, -0.25) is 4.79 Å². The van der Waals surface area contributed by atoms with Crippen molar-refractivity contribution in [3.63, 3.8) is 0 Å². The molecule has 0 aromatic heterocycles. The Labute approximate surface area is 61.8 Å². The second kappa shape index (κ2) is 1.84. The van der Waals surface area contributed by atoms with E-state index in [1.807, 2.05) is 0 Å². The van der Waals surface area contributed by atoms with Gasteiger partial charge in [0.05, 0.1) is 0 Å². The minimum absolute atomic E-state index is 0.106. The lowest BCUT2D eigenvalue weighted by molar-refractivity contribution is -0.136. The van der Waals surface area contributed by atoms with Gasteiger partial charge in [-0.05, 0) is 31.6 Å². The van der Waals surface area contributed by atoms with Gasteiger partial charge >= 0.3 is 0 Å². The second-order valence-electron chi connectivity index (χ2n) is 4.13. The molecule has 0 atom stereocenters. The van der Waals surface area contributed by atoms with Crippen LogP contribution in [0.15, 0.2) is 0 Å². The van der Waals surface area contributed by atoms with Gasteiger partial charge in [-0.25, -0.2) is 0 Å². The summed E-state index contributed by atoms with van der Waals surface area (Å²) in [6, 6.07) is 0. The van der Waals surface area contributed by atoms with Crippen molar-refractivity contribution >= 4 is 5.78 Å². The summed E-state index contributed by atoms with van der Waals surface area (Å²) in [6.07, 6.45) is 5.83. The number of carbonyl (C=O) groups is 1. The highest BCUT2D eigenvalue weighted by atomic mass is 16.1. The summed E-state index contributed by atoms with van der Waals surface area (Å²) >= 11 is 0. The van der Waals surface area contributed by atoms with Crippen LogP contribution in [0.4, 0.5) is 0 Å². The van der Waals surface area contributed by atoms with Gasteiger partial charge in [-0.15, -0.1) is 0 Å². The van der Waals surface area contributed by atoms with E-state index in [1.165, 1.54) is 12.8 Å². The molecule has 0 aromatic rings. The van der Waals surface area contributed by atoms with Crippen LogP contribution in [-0.4, -0.2) is 5.78 Å². The van der Waals surface area contributed by atoms with Crippen molar-refractivity contribution in [2.24, 2.45) is 11.3 Å². The summed E-state index contributed by atoms with van der Waals surface area (Å²) in [4.78, 5) is 11.4. The molecule has 56 valence electrons. The van der Waals surface area contributed by atoms with Gasteiger partial charge in [0.1, 0.15) is 5.78 Å². The average molecular weight is 138 g/mol. The van der Waals surface area contributed by atoms with E-state index in [-0.39, 0.29) is 5.41 Å². The molecule has 3 rings (SSSR count). The third-order valence-electron chi connectivity index (χ3n) is 3.36. The number of fused-ring (bicyclic) bond motifs is 3. The van der Waals surface area contributed by atoms with Gasteiger partial charge in [-0.1, -0.05) is 6.92 Å². The zero-order valence-corrected chi connectivity index (χ0v) is 6.52. The fourth-order valence-electron chi connectivity index (χ4n) is 2.31. The molecule has 0 spiro atoms. The van der Waals surface area contributed by atoms with Gasteiger partial charge in [0, 0.05) is 11.8 Å². The molecule has 10 heavy (non-hydrogen) atoms. The van der Waals surface area contributed by atoms with Gasteiger partial charge in [-0.2, -0.15) is 0 Å². The summed E-state index contributed by atoms with van der Waals surface area (Å²) in [5.41, 5.74) is 0.106. The van der Waals surface area contributed by atoms with E-state index in [0.29, 0.717) is 5.78 Å². The monoisotopic (exact) mass is 138 g/mol. The maximum atomic E-state index is 11.4. The zero-order valence-electron chi connectivity index (χ0n) is 6.52. The van der Waals surface area contributed by atoms with Gasteiger partial charge < -0.3 is 0 Å². The molecule has 0 amide bonds. The maximum Gasteiger partial charge on any atom is 0.139 e. The van der Waals surface area contributed by atoms with Crippen molar-refractivity contribution in [1.29, 1.82) is 0 Å². The Morgan fingerprint density at radius 2 is 2.00 bits per heavy atom. The largest absolute Gasteiger partial charge is 0.299 e. The molecular weight excluding hydrogens is 124 g/mol. The zero-order chi connectivity index (χ0) is 7.19. The Hall–Kier alpha value is -0.330. The molecule has 1 heteroatoms. The predicted molar refractivity (Wildman–Crippen MR) is 39.7 cm³/mol. The molecule has 1 nitrogen and oxygen atoms in total. The van der Waals surface area contributed by atoms with Crippen LogP contribution >= 0.6 is 0 Å². The van der Waals surface area contributed by atoms with E-state index in [2.05, 4.69) is 6.92 Å². The number of hydrogen-bond acceptors (Lipinski definition) is 1. The highest BCUT2D eigenvalue weighted by Gasteiger charge is 2.43. The van der Waals surface area contributed by atoms with Crippen LogP contribution in [0, 0.1) is 11.3 Å². The average Bonchev–Trinajstić information content (AvgIpc) is 1.92. The standard InChI is InChI=1S/C9H14O/c1-9-4-2-7(3-5-9)6-8(9)10/h7H,2-6H2,1H3. The summed E-state index contributed by atoms with van der Waals surface area (Å²) in [7, 11) is 0. The first-order valence-electron chi connectivity index (χ1n) is 4.24. The molecule has 0 aromatic carbocycles. The first kappa shape index (κ1) is 6.38. The van der Waals surface area contributed by atoms with Crippen LogP contribution in [-0.2, 0) is 4.79 Å². The van der Waals surface area contributed by atoms with Crippen molar-refractivity contribution in [3.8, 4) is 0 Å². The van der Waals surface area contributed by atoms with E-state index in [1.54, 1.807) is 0 Å². The Bertz CT molecular complexity index is 164. The van der Waals surface area contributed by atoms with E-state index in [9.17, 15) is 4.79 Å². The molecule has 0 unspecified atom stereocenters. The Morgan fingerprint density at radius 3 is 2.30 bits per heavy atom. The summed E-state index contributed by atoms with van der Waals surface area (Å²) < 4.78 is 0. The lowest BCUT2D eigenvalue weighted by atomic mass is 9.61. The molecule has 3 aliphatic rings. The minimum atomic E-state index is 0.106. The van der Waals surface area contributed by atoms with Crippen LogP contribution in [0.3, 0.4) is 0 Å². The second-order valence-corrected chi connectivity index (χ2v) is 4.13. The lowest BCUT2D eigenvalue weighted by Crippen LogP contribution is -2.40. The first-order valence-corrected chi connectivity index (χ1v) is 4.24. The quantitative estimate of drug-likeness (QED) is 0.501. The van der Waals surface area contributed by atoms with Crippen LogP contribution < -0.4 is 0 Å². The highest BCUT2D eigenvalue weighted by Crippen LogP contribution is 2.47. The van der Waals surface area contributed by atoms with Crippen LogP contribution in [0.25, 0.3) is 0 Å². The minimum Gasteiger partial charge on any atom is -0.299 e. The van der Waals surface area contributed by atoms with E-state index >= 15 is 0 Å². The van der Waals surface area contributed by atoms with Crippen LogP contribution in [0.5, 0.6) is 0 Å². The smallest absolute Gasteiger partial charge is 0.139 e. The molecule has 0 heterocycles. The Kier molecular flexibility index (Phi) is 1.17. The van der Waals surface area contributed by atoms with E-state index in [4.69, 9.17) is 0 Å². The van der Waals surface area contributed by atoms with Crippen molar-refractivity contribution in [2.75, 3.05) is 0 Å². The third kappa shape index (κ3) is 0.727. The molecule has 0 radical (unpaired) electrons. The van der Waals surface area contributed by atoms with Gasteiger partial charge in [0.15, 0.2) is 0 Å². The van der Waals surface area contributed by atoms with E-state index < -0.39 is 0 Å². The summed E-state index contributed by atoms with van der Waals surface area (Å²) in [5, 5.41) is 0. The fourth-order valence-corrected chi connectivity index (χ4v) is 2.31. The van der Waals surface area contributed by atoms with Crippen molar-refractivity contribution in [2.45, 2.75) is 39.0 Å². The van der Waals surface area contributed by atoms with Crippen LogP contribution in [0.1, 0.15) is 39.0 Å². The van der Waals surface area contributed by atoms with Crippen molar-refractivity contribution < 1.29 is 4.79 Å². The Balaban J connectivity index is 2.25. The topological polar surface area (TPSA) is 17.1 Å². The normalized spacial score (nSPS) is 46.1. The van der Waals surface area contributed by atoms with Crippen LogP contribution in [0.2, 0.25) is 0 Å². The lowest BCUT2D eigenvalue weighted by Gasteiger charge is -2.42. The number of ketones is 1. The van der Waals surface area contributed by atoms with Crippen molar-refractivity contribution in [1.82, 2.24) is 0 Å². The fraction of sp³-hybridized carbons (Fsp3) is 0.889. The first-order chi connectivity index (χ1) is 4.71. The number of Topliss-reactive ketones (excluding diaryl/α,β-unsaturated/α-hetero) is 1. The van der Waals surface area contributed by atoms with Gasteiger partial charge in [0.2, 0.25) is 0 Å². The number of rotatable bonds is 0. The number of carbonyl (C=O) groups excluding carboxylic acids is 1. The highest BCUT2D eigenvalue weighted by molar-refractivity contribution is 5.86. The molecule has 3 fully saturated rings. The maximum absolute atomic E-state index is 11.4. The molecule has 0 N–H and O–H groups in total. The molecule has 0 aliphatic heterocycles.